The van der Waals surface area contributed by atoms with Crippen molar-refractivity contribution in [3.8, 4) is 0 Å². The molecule has 2 aromatic heterocycles. The van der Waals surface area contributed by atoms with Crippen LogP contribution in [0.5, 0.6) is 0 Å². The number of rotatable bonds is 3. The molecule has 0 radical (unpaired) electrons. The summed E-state index contributed by atoms with van der Waals surface area (Å²) in [6.07, 6.45) is 4.02. The fourth-order valence-electron chi connectivity index (χ4n) is 3.90. The van der Waals surface area contributed by atoms with E-state index in [2.05, 4.69) is 15.2 Å². The SMILES string of the molecule is CC(=O)N(C)c1csc2cnc(C(=O)N[C@@H]3C[C@H]4CCN(C4)C3)cc12. The quantitative estimate of drug-likeness (QED) is 0.913. The third kappa shape index (κ3) is 3.14. The minimum absolute atomic E-state index is 0.0331. The second kappa shape index (κ2) is 6.38. The molecule has 1 unspecified atom stereocenters. The number of piperidine rings is 1. The Labute approximate surface area is 150 Å². The number of aromatic nitrogens is 1. The van der Waals surface area contributed by atoms with E-state index in [9.17, 15) is 9.59 Å². The first-order valence-corrected chi connectivity index (χ1v) is 9.54. The number of nitrogens with zero attached hydrogens (tertiary/aromatic N) is 3. The predicted octanol–water partition coefficient (Wildman–Crippen LogP) is 2.10. The van der Waals surface area contributed by atoms with E-state index in [0.717, 1.165) is 35.3 Å². The monoisotopic (exact) mass is 358 g/mol. The third-order valence-electron chi connectivity index (χ3n) is 5.31. The van der Waals surface area contributed by atoms with Crippen molar-refractivity contribution in [3.05, 3.63) is 23.3 Å². The fourth-order valence-corrected chi connectivity index (χ4v) is 4.82. The van der Waals surface area contributed by atoms with Crippen LogP contribution < -0.4 is 10.2 Å². The number of nitrogens with one attached hydrogen (secondary N) is 1. The van der Waals surface area contributed by atoms with Crippen molar-refractivity contribution in [3.63, 3.8) is 0 Å². The Balaban J connectivity index is 1.55. The van der Waals surface area contributed by atoms with Gasteiger partial charge in [-0.15, -0.1) is 11.3 Å². The van der Waals surface area contributed by atoms with E-state index in [1.807, 2.05) is 5.38 Å². The second-order valence-corrected chi connectivity index (χ2v) is 8.00. The van der Waals surface area contributed by atoms with Gasteiger partial charge in [-0.1, -0.05) is 0 Å². The van der Waals surface area contributed by atoms with Crippen molar-refractivity contribution in [1.82, 2.24) is 15.2 Å². The molecule has 4 heterocycles. The molecule has 0 aliphatic carbocycles. The van der Waals surface area contributed by atoms with Crippen LogP contribution in [0, 0.1) is 5.92 Å². The van der Waals surface area contributed by atoms with Crippen molar-refractivity contribution in [2.75, 3.05) is 31.6 Å². The van der Waals surface area contributed by atoms with Gasteiger partial charge in [-0.3, -0.25) is 9.59 Å². The number of thiophene rings is 1. The molecule has 2 aliphatic heterocycles. The summed E-state index contributed by atoms with van der Waals surface area (Å²) in [6, 6.07) is 2.00. The Hall–Kier alpha value is -1.99. The molecule has 2 bridgehead atoms. The van der Waals surface area contributed by atoms with Crippen LogP contribution in [-0.4, -0.2) is 54.4 Å². The highest BCUT2D eigenvalue weighted by Crippen LogP contribution is 2.32. The van der Waals surface area contributed by atoms with Gasteiger partial charge in [-0.2, -0.15) is 0 Å². The lowest BCUT2D eigenvalue weighted by Gasteiger charge is -2.30. The van der Waals surface area contributed by atoms with Crippen LogP contribution in [0.3, 0.4) is 0 Å². The number of amides is 2. The Morgan fingerprint density at radius 3 is 3.00 bits per heavy atom. The lowest BCUT2D eigenvalue weighted by Crippen LogP contribution is -2.47. The van der Waals surface area contributed by atoms with Crippen LogP contribution in [0.1, 0.15) is 30.3 Å². The van der Waals surface area contributed by atoms with Gasteiger partial charge in [0.1, 0.15) is 5.69 Å². The van der Waals surface area contributed by atoms with Gasteiger partial charge >= 0.3 is 0 Å². The molecule has 2 aromatic rings. The summed E-state index contributed by atoms with van der Waals surface area (Å²) in [7, 11) is 1.75. The first-order valence-electron chi connectivity index (χ1n) is 8.66. The van der Waals surface area contributed by atoms with Crippen molar-refractivity contribution in [1.29, 1.82) is 0 Å². The predicted molar refractivity (Wildman–Crippen MR) is 99.1 cm³/mol. The molecular formula is C18H22N4O2S. The molecule has 2 aliphatic rings. The van der Waals surface area contributed by atoms with Gasteiger partial charge in [-0.25, -0.2) is 4.98 Å². The summed E-state index contributed by atoms with van der Waals surface area (Å²) in [5.41, 5.74) is 1.24. The fraction of sp³-hybridized carbons (Fsp3) is 0.500. The van der Waals surface area contributed by atoms with Gasteiger partial charge in [0.05, 0.1) is 10.4 Å². The lowest BCUT2D eigenvalue weighted by atomic mass is 9.97. The molecule has 2 saturated heterocycles. The first-order chi connectivity index (χ1) is 12.0. The zero-order chi connectivity index (χ0) is 17.6. The van der Waals surface area contributed by atoms with Crippen LogP contribution >= 0.6 is 11.3 Å². The van der Waals surface area contributed by atoms with E-state index in [4.69, 9.17) is 0 Å². The molecule has 0 spiro atoms. The highest BCUT2D eigenvalue weighted by molar-refractivity contribution is 7.17. The number of hydrogen-bond donors (Lipinski definition) is 1. The van der Waals surface area contributed by atoms with Gasteiger partial charge in [-0.05, 0) is 31.4 Å². The Bertz CT molecular complexity index is 822. The summed E-state index contributed by atoms with van der Waals surface area (Å²) < 4.78 is 0.974. The highest BCUT2D eigenvalue weighted by Gasteiger charge is 2.33. The Kier molecular flexibility index (Phi) is 4.21. The van der Waals surface area contributed by atoms with E-state index >= 15 is 0 Å². The molecule has 2 fully saturated rings. The van der Waals surface area contributed by atoms with Crippen molar-refractivity contribution in [2.24, 2.45) is 5.92 Å². The maximum atomic E-state index is 12.7. The average molecular weight is 358 g/mol. The van der Waals surface area contributed by atoms with Crippen LogP contribution in [-0.2, 0) is 4.79 Å². The van der Waals surface area contributed by atoms with E-state index in [1.165, 1.54) is 31.2 Å². The number of carbonyl (C=O) groups excluding carboxylic acids is 2. The number of fused-ring (bicyclic) bond motifs is 3. The zero-order valence-corrected chi connectivity index (χ0v) is 15.3. The van der Waals surface area contributed by atoms with E-state index < -0.39 is 0 Å². The van der Waals surface area contributed by atoms with E-state index in [1.54, 1.807) is 24.2 Å². The topological polar surface area (TPSA) is 65.5 Å². The largest absolute Gasteiger partial charge is 0.347 e. The summed E-state index contributed by atoms with van der Waals surface area (Å²) in [5.74, 6) is 0.549. The molecule has 1 N–H and O–H groups in total. The molecule has 132 valence electrons. The number of anilines is 1. The van der Waals surface area contributed by atoms with Crippen molar-refractivity contribution >= 4 is 38.9 Å². The van der Waals surface area contributed by atoms with Gasteiger partial charge in [0.25, 0.3) is 5.91 Å². The van der Waals surface area contributed by atoms with Crippen LogP contribution in [0.2, 0.25) is 0 Å². The van der Waals surface area contributed by atoms with Crippen LogP contribution in [0.4, 0.5) is 5.69 Å². The molecule has 4 rings (SSSR count). The van der Waals surface area contributed by atoms with Crippen molar-refractivity contribution in [2.45, 2.75) is 25.8 Å². The molecule has 6 nitrogen and oxygen atoms in total. The molecule has 25 heavy (non-hydrogen) atoms. The zero-order valence-electron chi connectivity index (χ0n) is 14.5. The summed E-state index contributed by atoms with van der Waals surface area (Å²) in [4.78, 5) is 32.7. The summed E-state index contributed by atoms with van der Waals surface area (Å²) in [6.45, 7) is 4.79. The Morgan fingerprint density at radius 1 is 1.40 bits per heavy atom. The van der Waals surface area contributed by atoms with Crippen LogP contribution in [0.25, 0.3) is 10.1 Å². The smallest absolute Gasteiger partial charge is 0.270 e. The molecule has 3 atom stereocenters. The average Bonchev–Trinajstić information content (AvgIpc) is 3.16. The molecular weight excluding hydrogens is 336 g/mol. The van der Waals surface area contributed by atoms with Crippen molar-refractivity contribution < 1.29 is 9.59 Å². The van der Waals surface area contributed by atoms with Gasteiger partial charge in [0.15, 0.2) is 0 Å². The minimum Gasteiger partial charge on any atom is -0.347 e. The summed E-state index contributed by atoms with van der Waals surface area (Å²) in [5, 5.41) is 5.97. The maximum absolute atomic E-state index is 12.7. The highest BCUT2D eigenvalue weighted by atomic mass is 32.1. The number of hydrogen-bond acceptors (Lipinski definition) is 5. The van der Waals surface area contributed by atoms with Gasteiger partial charge < -0.3 is 15.1 Å². The third-order valence-corrected chi connectivity index (χ3v) is 6.23. The Morgan fingerprint density at radius 2 is 2.24 bits per heavy atom. The van der Waals surface area contributed by atoms with Gasteiger partial charge in [0.2, 0.25) is 5.91 Å². The van der Waals surface area contributed by atoms with Gasteiger partial charge in [0, 0.05) is 50.1 Å². The molecule has 0 aromatic carbocycles. The van der Waals surface area contributed by atoms with E-state index in [0.29, 0.717) is 11.6 Å². The van der Waals surface area contributed by atoms with E-state index in [-0.39, 0.29) is 17.9 Å². The number of carbonyl (C=O) groups is 2. The second-order valence-electron chi connectivity index (χ2n) is 7.09. The molecule has 0 saturated carbocycles. The number of pyridine rings is 1. The first kappa shape index (κ1) is 16.5. The summed E-state index contributed by atoms with van der Waals surface area (Å²) >= 11 is 1.53. The van der Waals surface area contributed by atoms with Crippen LogP contribution in [0.15, 0.2) is 17.6 Å². The normalized spacial score (nSPS) is 25.1. The maximum Gasteiger partial charge on any atom is 0.270 e. The molecule has 7 heteroatoms. The minimum atomic E-state index is -0.128. The lowest BCUT2D eigenvalue weighted by molar-refractivity contribution is -0.116. The standard InChI is InChI=1S/C18H22N4O2S/c1-11(23)21(2)16-10-25-17-7-19-15(6-14(16)17)18(24)20-13-5-12-3-4-22(8-12)9-13/h6-7,10,12-13H,3-5,8-9H2,1-2H3,(H,20,24)/t12-,13-/m1/s1. The molecule has 2 amide bonds.